The van der Waals surface area contributed by atoms with Crippen molar-refractivity contribution in [2.75, 3.05) is 21.1 Å². The van der Waals surface area contributed by atoms with Crippen LogP contribution in [0.25, 0.3) is 0 Å². The van der Waals surface area contributed by atoms with Crippen molar-refractivity contribution in [2.45, 2.75) is 25.1 Å². The summed E-state index contributed by atoms with van der Waals surface area (Å²) in [7, 11) is 5.02. The summed E-state index contributed by atoms with van der Waals surface area (Å²) in [5.41, 5.74) is 1.12. The Morgan fingerprint density at radius 3 is 2.37 bits per heavy atom. The van der Waals surface area contributed by atoms with Crippen molar-refractivity contribution in [1.82, 2.24) is 10.2 Å². The van der Waals surface area contributed by atoms with E-state index in [1.807, 2.05) is 13.1 Å². The molecule has 0 spiro atoms. The molecule has 1 atom stereocenters. The van der Waals surface area contributed by atoms with Gasteiger partial charge in [0.1, 0.15) is 5.75 Å². The van der Waals surface area contributed by atoms with Gasteiger partial charge >= 0.3 is 12.3 Å². The highest BCUT2D eigenvalue weighted by Crippen LogP contribution is 2.29. The van der Waals surface area contributed by atoms with Crippen molar-refractivity contribution >= 4 is 6.09 Å². The SMILES string of the molecule is CNC(CCc1ccc(C(F)(F)F)cc1)c1cccc(OC(=O)N(C)C)c1. The molecule has 0 aliphatic heterocycles. The Morgan fingerprint density at radius 1 is 1.15 bits per heavy atom. The van der Waals surface area contributed by atoms with Gasteiger partial charge in [-0.15, -0.1) is 0 Å². The van der Waals surface area contributed by atoms with Crippen molar-refractivity contribution in [3.05, 3.63) is 65.2 Å². The van der Waals surface area contributed by atoms with Crippen molar-refractivity contribution < 1.29 is 22.7 Å². The maximum Gasteiger partial charge on any atom is 0.416 e. The van der Waals surface area contributed by atoms with Crippen LogP contribution in [0.3, 0.4) is 0 Å². The number of carbonyl (C=O) groups excluding carboxylic acids is 1. The predicted octanol–water partition coefficient (Wildman–Crippen LogP) is 4.66. The van der Waals surface area contributed by atoms with Crippen LogP contribution in [0.15, 0.2) is 48.5 Å². The number of nitrogens with zero attached hydrogens (tertiary/aromatic N) is 1. The molecule has 2 aromatic carbocycles. The minimum absolute atomic E-state index is 0.0229. The predicted molar refractivity (Wildman–Crippen MR) is 97.7 cm³/mol. The first-order valence-electron chi connectivity index (χ1n) is 8.53. The van der Waals surface area contributed by atoms with Crippen molar-refractivity contribution in [3.63, 3.8) is 0 Å². The standard InChI is InChI=1S/C20H23F3N2O2/c1-24-18(12-9-14-7-10-16(11-8-14)20(21,22)23)15-5-4-6-17(13-15)27-19(26)25(2)3/h4-8,10-11,13,18,24H,9,12H2,1-3H3. The third-order valence-electron chi connectivity index (χ3n) is 4.18. The molecule has 0 radical (unpaired) electrons. The Balaban J connectivity index is 2.03. The second-order valence-corrected chi connectivity index (χ2v) is 6.41. The van der Waals surface area contributed by atoms with E-state index in [0.717, 1.165) is 23.3 Å². The highest BCUT2D eigenvalue weighted by molar-refractivity contribution is 5.70. The molecule has 4 nitrogen and oxygen atoms in total. The zero-order chi connectivity index (χ0) is 20.0. The number of ether oxygens (including phenoxy) is 1. The average Bonchev–Trinajstić information content (AvgIpc) is 2.62. The normalized spacial score (nSPS) is 12.5. The summed E-state index contributed by atoms with van der Waals surface area (Å²) in [6, 6.07) is 12.4. The Morgan fingerprint density at radius 2 is 1.81 bits per heavy atom. The molecule has 0 aliphatic carbocycles. The molecule has 1 unspecified atom stereocenters. The topological polar surface area (TPSA) is 41.6 Å². The quantitative estimate of drug-likeness (QED) is 0.793. The molecule has 146 valence electrons. The molecular weight excluding hydrogens is 357 g/mol. The molecule has 2 rings (SSSR count). The molecule has 0 aliphatic rings. The molecule has 27 heavy (non-hydrogen) atoms. The van der Waals surface area contributed by atoms with Crippen LogP contribution >= 0.6 is 0 Å². The lowest BCUT2D eigenvalue weighted by Gasteiger charge is -2.18. The number of alkyl halides is 3. The second kappa shape index (κ2) is 8.90. The van der Waals surface area contributed by atoms with E-state index in [0.29, 0.717) is 18.6 Å². The minimum Gasteiger partial charge on any atom is -0.410 e. The van der Waals surface area contributed by atoms with Crippen LogP contribution in [-0.2, 0) is 12.6 Å². The van der Waals surface area contributed by atoms with E-state index in [2.05, 4.69) is 5.32 Å². The van der Waals surface area contributed by atoms with Crippen LogP contribution in [0.1, 0.15) is 29.2 Å². The highest BCUT2D eigenvalue weighted by atomic mass is 19.4. The number of nitrogens with one attached hydrogen (secondary N) is 1. The average molecular weight is 380 g/mol. The summed E-state index contributed by atoms with van der Waals surface area (Å²) in [5, 5.41) is 3.20. The summed E-state index contributed by atoms with van der Waals surface area (Å²) in [5.74, 6) is 0.445. The Kier molecular flexibility index (Phi) is 6.85. The number of benzene rings is 2. The molecule has 1 N–H and O–H groups in total. The molecule has 0 saturated heterocycles. The molecule has 0 heterocycles. The van der Waals surface area contributed by atoms with E-state index < -0.39 is 17.8 Å². The largest absolute Gasteiger partial charge is 0.416 e. The van der Waals surface area contributed by atoms with Crippen LogP contribution in [0.5, 0.6) is 5.75 Å². The molecule has 0 bridgehead atoms. The van der Waals surface area contributed by atoms with E-state index in [1.54, 1.807) is 32.3 Å². The van der Waals surface area contributed by atoms with E-state index in [1.165, 1.54) is 17.0 Å². The van der Waals surface area contributed by atoms with Gasteiger partial charge in [-0.3, -0.25) is 0 Å². The van der Waals surface area contributed by atoms with Gasteiger partial charge in [-0.05, 0) is 55.3 Å². The maximum absolute atomic E-state index is 12.6. The lowest BCUT2D eigenvalue weighted by Crippen LogP contribution is -2.25. The zero-order valence-corrected chi connectivity index (χ0v) is 15.5. The first-order chi connectivity index (χ1) is 12.7. The third kappa shape index (κ3) is 5.99. The Hall–Kier alpha value is -2.54. The molecular formula is C20H23F3N2O2. The smallest absolute Gasteiger partial charge is 0.410 e. The Labute approximate surface area is 156 Å². The second-order valence-electron chi connectivity index (χ2n) is 6.41. The summed E-state index contributed by atoms with van der Waals surface area (Å²) in [6.45, 7) is 0. The lowest BCUT2D eigenvalue weighted by molar-refractivity contribution is -0.137. The lowest BCUT2D eigenvalue weighted by atomic mass is 9.98. The number of hydrogen-bond acceptors (Lipinski definition) is 3. The zero-order valence-electron chi connectivity index (χ0n) is 15.5. The van der Waals surface area contributed by atoms with E-state index >= 15 is 0 Å². The first kappa shape index (κ1) is 20.8. The van der Waals surface area contributed by atoms with Gasteiger partial charge in [0.25, 0.3) is 0 Å². The van der Waals surface area contributed by atoms with Gasteiger partial charge in [-0.1, -0.05) is 24.3 Å². The number of halogens is 3. The summed E-state index contributed by atoms with van der Waals surface area (Å²) in [4.78, 5) is 13.0. The van der Waals surface area contributed by atoms with Gasteiger partial charge in [0.15, 0.2) is 0 Å². The van der Waals surface area contributed by atoms with Gasteiger partial charge in [-0.2, -0.15) is 13.2 Å². The molecule has 0 fully saturated rings. The fourth-order valence-corrected chi connectivity index (χ4v) is 2.64. The van der Waals surface area contributed by atoms with Crippen LogP contribution in [0.2, 0.25) is 0 Å². The van der Waals surface area contributed by atoms with Crippen molar-refractivity contribution in [2.24, 2.45) is 0 Å². The van der Waals surface area contributed by atoms with E-state index in [-0.39, 0.29) is 6.04 Å². The number of hydrogen-bond donors (Lipinski definition) is 1. The number of rotatable bonds is 6. The monoisotopic (exact) mass is 380 g/mol. The number of amides is 1. The van der Waals surface area contributed by atoms with Crippen molar-refractivity contribution in [1.29, 1.82) is 0 Å². The summed E-state index contributed by atoms with van der Waals surface area (Å²) < 4.78 is 43.2. The molecule has 0 saturated carbocycles. The minimum atomic E-state index is -4.32. The van der Waals surface area contributed by atoms with Gasteiger partial charge in [0, 0.05) is 20.1 Å². The molecule has 1 amide bonds. The van der Waals surface area contributed by atoms with Gasteiger partial charge in [0.2, 0.25) is 0 Å². The van der Waals surface area contributed by atoms with Crippen LogP contribution in [0, 0.1) is 0 Å². The van der Waals surface area contributed by atoms with Gasteiger partial charge < -0.3 is 15.0 Å². The molecule has 2 aromatic rings. The van der Waals surface area contributed by atoms with Crippen LogP contribution in [-0.4, -0.2) is 32.1 Å². The maximum atomic E-state index is 12.6. The van der Waals surface area contributed by atoms with Crippen molar-refractivity contribution in [3.8, 4) is 5.75 Å². The van der Waals surface area contributed by atoms with Gasteiger partial charge in [-0.25, -0.2) is 4.79 Å². The molecule has 7 heteroatoms. The van der Waals surface area contributed by atoms with Crippen LogP contribution < -0.4 is 10.1 Å². The van der Waals surface area contributed by atoms with E-state index in [4.69, 9.17) is 4.74 Å². The first-order valence-corrected chi connectivity index (χ1v) is 8.53. The Bertz CT molecular complexity index is 759. The summed E-state index contributed by atoms with van der Waals surface area (Å²) >= 11 is 0. The fraction of sp³-hybridized carbons (Fsp3) is 0.350. The van der Waals surface area contributed by atoms with Crippen LogP contribution in [0.4, 0.5) is 18.0 Å². The van der Waals surface area contributed by atoms with Gasteiger partial charge in [0.05, 0.1) is 5.56 Å². The van der Waals surface area contributed by atoms with E-state index in [9.17, 15) is 18.0 Å². The highest BCUT2D eigenvalue weighted by Gasteiger charge is 2.29. The molecule has 0 aromatic heterocycles. The third-order valence-corrected chi connectivity index (χ3v) is 4.18. The number of aryl methyl sites for hydroxylation is 1. The summed E-state index contributed by atoms with van der Waals surface area (Å²) in [6.07, 6.45) is -3.48. The number of carbonyl (C=O) groups is 1. The fourth-order valence-electron chi connectivity index (χ4n) is 2.64.